The Morgan fingerprint density at radius 3 is 2.22 bits per heavy atom. The van der Waals surface area contributed by atoms with Crippen molar-refractivity contribution in [3.63, 3.8) is 0 Å². The Balaban J connectivity index is 1.93. The van der Waals surface area contributed by atoms with Gasteiger partial charge in [0.1, 0.15) is 22.2 Å². The monoisotopic (exact) mass is 369 g/mol. The lowest BCUT2D eigenvalue weighted by Crippen LogP contribution is -2.20. The second-order valence-electron chi connectivity index (χ2n) is 4.18. The number of hydrogen-bond acceptors (Lipinski definition) is 10. The third kappa shape index (κ3) is 3.70. The van der Waals surface area contributed by atoms with E-state index in [0.29, 0.717) is 15.8 Å². The molecule has 0 atom stereocenters. The molecule has 0 saturated carbocycles. The van der Waals surface area contributed by atoms with Gasteiger partial charge in [0.05, 0.1) is 4.92 Å². The first kappa shape index (κ1) is 15.5. The zero-order valence-corrected chi connectivity index (χ0v) is 13.6. The maximum Gasteiger partial charge on any atom is 0.288 e. The molecule has 23 heavy (non-hydrogen) atoms. The van der Waals surface area contributed by atoms with Gasteiger partial charge >= 0.3 is 0 Å². The lowest BCUT2D eigenvalue weighted by Gasteiger charge is -2.19. The summed E-state index contributed by atoms with van der Waals surface area (Å²) < 4.78 is 0. The van der Waals surface area contributed by atoms with Crippen molar-refractivity contribution in [2.24, 2.45) is 0 Å². The average molecular weight is 370 g/mol. The van der Waals surface area contributed by atoms with Gasteiger partial charge in [0.15, 0.2) is 0 Å². The minimum absolute atomic E-state index is 0.0735. The van der Waals surface area contributed by atoms with Crippen LogP contribution in [0.25, 0.3) is 0 Å². The van der Waals surface area contributed by atoms with E-state index in [9.17, 15) is 10.1 Å². The summed E-state index contributed by atoms with van der Waals surface area (Å²) in [6.07, 6.45) is -0.508. The molecule has 0 saturated heterocycles. The van der Waals surface area contributed by atoms with Crippen LogP contribution in [0.4, 0.5) is 16.0 Å². The summed E-state index contributed by atoms with van der Waals surface area (Å²) in [6.45, 7) is 0. The van der Waals surface area contributed by atoms with E-state index in [1.165, 1.54) is 34.8 Å². The van der Waals surface area contributed by atoms with Crippen LogP contribution < -0.4 is 10.6 Å². The van der Waals surface area contributed by atoms with Crippen LogP contribution in [-0.4, -0.2) is 25.3 Å². The van der Waals surface area contributed by atoms with Crippen molar-refractivity contribution in [1.82, 2.24) is 20.4 Å². The number of halogens is 1. The van der Waals surface area contributed by atoms with Gasteiger partial charge in [0.25, 0.3) is 5.69 Å². The molecule has 0 spiro atoms. The fourth-order valence-corrected chi connectivity index (χ4v) is 2.91. The van der Waals surface area contributed by atoms with Crippen molar-refractivity contribution >= 4 is 50.2 Å². The predicted molar refractivity (Wildman–Crippen MR) is 87.9 cm³/mol. The third-order valence-corrected chi connectivity index (χ3v) is 4.32. The Bertz CT molecular complexity index is 761. The molecule has 0 radical (unpaired) electrons. The molecule has 0 unspecified atom stereocenters. The molecule has 2 aromatic heterocycles. The highest BCUT2D eigenvalue weighted by molar-refractivity contribution is 7.13. The van der Waals surface area contributed by atoms with Crippen LogP contribution in [0.2, 0.25) is 5.02 Å². The first-order chi connectivity index (χ1) is 11.1. The minimum atomic E-state index is -0.529. The quantitative estimate of drug-likeness (QED) is 0.386. The predicted octanol–water partition coefficient (Wildman–Crippen LogP) is 3.17. The number of nitro benzene ring substituents is 1. The Morgan fingerprint density at radius 2 is 1.74 bits per heavy atom. The van der Waals surface area contributed by atoms with Crippen molar-refractivity contribution in [1.29, 1.82) is 0 Å². The maximum absolute atomic E-state index is 11.1. The van der Waals surface area contributed by atoms with Crippen LogP contribution in [0, 0.1) is 10.1 Å². The number of nitrogens with one attached hydrogen (secondary N) is 2. The van der Waals surface area contributed by atoms with E-state index in [1.54, 1.807) is 17.1 Å². The Kier molecular flexibility index (Phi) is 4.60. The molecule has 0 bridgehead atoms. The lowest BCUT2D eigenvalue weighted by atomic mass is 10.1. The summed E-state index contributed by atoms with van der Waals surface area (Å²) >= 11 is 8.47. The number of rotatable bonds is 6. The number of nitrogens with zero attached hydrogens (tertiary/aromatic N) is 5. The molecule has 0 aliphatic heterocycles. The largest absolute Gasteiger partial charge is 0.336 e. The third-order valence-electron chi connectivity index (χ3n) is 2.76. The standard InChI is InChI=1S/C11H8ClN7O2S2/c12-7-2-1-6(3-8(7)19(20)21)9(15-10-17-13-4-22-10)16-11-18-14-5-23-11/h1-5,9H,(H,15,17)(H,16,18). The van der Waals surface area contributed by atoms with E-state index >= 15 is 0 Å². The normalized spacial score (nSPS) is 10.7. The van der Waals surface area contributed by atoms with Crippen molar-refractivity contribution in [2.45, 2.75) is 6.17 Å². The van der Waals surface area contributed by atoms with Gasteiger partial charge in [0, 0.05) is 11.6 Å². The van der Waals surface area contributed by atoms with Crippen LogP contribution in [-0.2, 0) is 0 Å². The molecule has 9 nitrogen and oxygen atoms in total. The fraction of sp³-hybridized carbons (Fsp3) is 0.0909. The lowest BCUT2D eigenvalue weighted by molar-refractivity contribution is -0.384. The maximum atomic E-state index is 11.1. The minimum Gasteiger partial charge on any atom is -0.336 e. The Morgan fingerprint density at radius 1 is 1.13 bits per heavy atom. The summed E-state index contributed by atoms with van der Waals surface area (Å²) in [5.41, 5.74) is 3.59. The summed E-state index contributed by atoms with van der Waals surface area (Å²) in [5, 5.41) is 33.8. The van der Waals surface area contributed by atoms with E-state index in [-0.39, 0.29) is 10.7 Å². The highest BCUT2D eigenvalue weighted by Gasteiger charge is 2.20. The number of aromatic nitrogens is 4. The van der Waals surface area contributed by atoms with Gasteiger partial charge in [-0.2, -0.15) is 0 Å². The van der Waals surface area contributed by atoms with Gasteiger partial charge in [-0.05, 0) is 6.07 Å². The molecule has 0 fully saturated rings. The van der Waals surface area contributed by atoms with Crippen molar-refractivity contribution < 1.29 is 4.92 Å². The number of anilines is 2. The second-order valence-corrected chi connectivity index (χ2v) is 6.25. The molecule has 12 heteroatoms. The van der Waals surface area contributed by atoms with Crippen LogP contribution in [0.3, 0.4) is 0 Å². The highest BCUT2D eigenvalue weighted by Crippen LogP contribution is 2.30. The molecule has 1 aromatic carbocycles. The molecule has 118 valence electrons. The van der Waals surface area contributed by atoms with Crippen LogP contribution in [0.1, 0.15) is 11.7 Å². The van der Waals surface area contributed by atoms with E-state index in [4.69, 9.17) is 11.6 Å². The molecule has 0 amide bonds. The van der Waals surface area contributed by atoms with Gasteiger partial charge < -0.3 is 10.6 Å². The summed E-state index contributed by atoms with van der Waals surface area (Å²) in [4.78, 5) is 10.5. The summed E-state index contributed by atoms with van der Waals surface area (Å²) in [5.74, 6) is 0. The van der Waals surface area contributed by atoms with Crippen molar-refractivity contribution in [3.8, 4) is 0 Å². The molecular formula is C11H8ClN7O2S2. The van der Waals surface area contributed by atoms with Crippen molar-refractivity contribution in [2.75, 3.05) is 10.6 Å². The molecular weight excluding hydrogens is 362 g/mol. The van der Waals surface area contributed by atoms with Crippen molar-refractivity contribution in [3.05, 3.63) is 49.9 Å². The highest BCUT2D eigenvalue weighted by atomic mass is 35.5. The molecule has 0 aliphatic rings. The van der Waals surface area contributed by atoms with Crippen LogP contribution in [0.15, 0.2) is 29.2 Å². The molecule has 2 heterocycles. The summed E-state index contributed by atoms with van der Waals surface area (Å²) in [7, 11) is 0. The first-order valence-electron chi connectivity index (χ1n) is 6.13. The van der Waals surface area contributed by atoms with Gasteiger partial charge in [0.2, 0.25) is 10.3 Å². The topological polar surface area (TPSA) is 119 Å². The van der Waals surface area contributed by atoms with E-state index in [2.05, 4.69) is 31.0 Å². The SMILES string of the molecule is O=[N+]([O-])c1cc(C(Nc2nncs2)Nc2nncs2)ccc1Cl. The van der Waals surface area contributed by atoms with E-state index < -0.39 is 11.1 Å². The van der Waals surface area contributed by atoms with Gasteiger partial charge in [-0.1, -0.05) is 40.3 Å². The Labute approximate surface area is 142 Å². The second kappa shape index (κ2) is 6.81. The Hall–Kier alpha value is -2.37. The smallest absolute Gasteiger partial charge is 0.288 e. The molecule has 2 N–H and O–H groups in total. The molecule has 3 rings (SSSR count). The zero-order valence-electron chi connectivity index (χ0n) is 11.2. The van der Waals surface area contributed by atoms with E-state index in [0.717, 1.165) is 0 Å². The molecule has 0 aliphatic carbocycles. The zero-order chi connectivity index (χ0) is 16.2. The van der Waals surface area contributed by atoms with Gasteiger partial charge in [-0.3, -0.25) is 10.1 Å². The first-order valence-corrected chi connectivity index (χ1v) is 8.26. The number of nitro groups is 1. The van der Waals surface area contributed by atoms with Crippen LogP contribution >= 0.6 is 34.3 Å². The van der Waals surface area contributed by atoms with Gasteiger partial charge in [-0.25, -0.2) is 0 Å². The van der Waals surface area contributed by atoms with Crippen LogP contribution in [0.5, 0.6) is 0 Å². The molecule has 3 aromatic rings. The number of benzene rings is 1. The average Bonchev–Trinajstić information content (AvgIpc) is 3.20. The van der Waals surface area contributed by atoms with Gasteiger partial charge in [-0.15, -0.1) is 20.4 Å². The number of hydrogen-bond donors (Lipinski definition) is 2. The summed E-state index contributed by atoms with van der Waals surface area (Å²) in [6, 6.07) is 4.56. The fourth-order valence-electron chi connectivity index (χ4n) is 1.77. The van der Waals surface area contributed by atoms with E-state index in [1.807, 2.05) is 0 Å².